The highest BCUT2D eigenvalue weighted by atomic mass is 16.5. The number of ether oxygens (including phenoxy) is 1. The van der Waals surface area contributed by atoms with Crippen LogP contribution in [0.1, 0.15) is 49.7 Å². The Morgan fingerprint density at radius 1 is 1.10 bits per heavy atom. The lowest BCUT2D eigenvalue weighted by Crippen LogP contribution is -2.35. The third-order valence-corrected chi connectivity index (χ3v) is 6.28. The van der Waals surface area contributed by atoms with Crippen molar-refractivity contribution in [3.8, 4) is 5.75 Å². The Kier molecular flexibility index (Phi) is 6.50. The molecule has 29 heavy (non-hydrogen) atoms. The first-order valence-electron chi connectivity index (χ1n) is 11.0. The highest BCUT2D eigenvalue weighted by Gasteiger charge is 2.22. The number of fused-ring (bicyclic) bond motifs is 1. The largest absolute Gasteiger partial charge is 0.494 e. The summed E-state index contributed by atoms with van der Waals surface area (Å²) in [5, 5.41) is 2.95. The van der Waals surface area contributed by atoms with Gasteiger partial charge < -0.3 is 15.0 Å². The molecule has 2 aliphatic rings. The maximum absolute atomic E-state index is 11.6. The van der Waals surface area contributed by atoms with Gasteiger partial charge in [0.1, 0.15) is 5.75 Å². The number of piperidine rings is 1. The van der Waals surface area contributed by atoms with Crippen molar-refractivity contribution in [2.24, 2.45) is 5.92 Å². The minimum absolute atomic E-state index is 0.103. The normalized spacial score (nSPS) is 20.2. The standard InChI is InChI=1S/C25H32N2O2/c1-19-16-25(28)26-24-9-8-22(18-23(19)24)29-15-5-12-27-13-10-21(11-14-27)17-20-6-3-2-4-7-20/h2-4,6-9,18-19,21H,5,10-17H2,1H3,(H,26,28). The molecule has 0 bridgehead atoms. The smallest absolute Gasteiger partial charge is 0.224 e. The molecule has 2 heterocycles. The quantitative estimate of drug-likeness (QED) is 0.685. The molecule has 4 nitrogen and oxygen atoms in total. The van der Waals surface area contributed by atoms with E-state index < -0.39 is 0 Å². The summed E-state index contributed by atoms with van der Waals surface area (Å²) in [6, 6.07) is 16.9. The number of hydrogen-bond acceptors (Lipinski definition) is 3. The van der Waals surface area contributed by atoms with Gasteiger partial charge in [0.2, 0.25) is 5.91 Å². The summed E-state index contributed by atoms with van der Waals surface area (Å²) in [6.07, 6.45) is 5.41. The molecule has 4 heteroatoms. The number of benzene rings is 2. The van der Waals surface area contributed by atoms with Gasteiger partial charge in [-0.05, 0) is 79.9 Å². The number of nitrogens with one attached hydrogen (secondary N) is 1. The molecule has 2 aliphatic heterocycles. The van der Waals surface area contributed by atoms with Gasteiger partial charge in [0.25, 0.3) is 0 Å². The lowest BCUT2D eigenvalue weighted by Gasteiger charge is -2.32. The van der Waals surface area contributed by atoms with Gasteiger partial charge in [-0.2, -0.15) is 0 Å². The first-order chi connectivity index (χ1) is 14.2. The van der Waals surface area contributed by atoms with Gasteiger partial charge in [-0.15, -0.1) is 0 Å². The molecule has 0 spiro atoms. The van der Waals surface area contributed by atoms with E-state index in [1.165, 1.54) is 43.5 Å². The number of rotatable bonds is 7. The lowest BCUT2D eigenvalue weighted by atomic mass is 9.90. The highest BCUT2D eigenvalue weighted by Crippen LogP contribution is 2.34. The van der Waals surface area contributed by atoms with Crippen LogP contribution in [0.4, 0.5) is 5.69 Å². The highest BCUT2D eigenvalue weighted by molar-refractivity contribution is 5.94. The van der Waals surface area contributed by atoms with Crippen molar-refractivity contribution in [3.05, 3.63) is 59.7 Å². The third-order valence-electron chi connectivity index (χ3n) is 6.28. The Morgan fingerprint density at radius 3 is 2.69 bits per heavy atom. The predicted octanol–water partition coefficient (Wildman–Crippen LogP) is 4.86. The fourth-order valence-electron chi connectivity index (χ4n) is 4.58. The minimum atomic E-state index is 0.103. The van der Waals surface area contributed by atoms with Gasteiger partial charge in [-0.25, -0.2) is 0 Å². The average Bonchev–Trinajstić information content (AvgIpc) is 2.73. The zero-order chi connectivity index (χ0) is 20.1. The molecule has 1 amide bonds. The van der Waals surface area contributed by atoms with E-state index in [1.54, 1.807) is 0 Å². The topological polar surface area (TPSA) is 41.6 Å². The molecule has 1 atom stereocenters. The zero-order valence-corrected chi connectivity index (χ0v) is 17.4. The summed E-state index contributed by atoms with van der Waals surface area (Å²) >= 11 is 0. The van der Waals surface area contributed by atoms with Crippen molar-refractivity contribution in [2.45, 2.75) is 44.9 Å². The molecule has 2 aromatic rings. The average molecular weight is 393 g/mol. The van der Waals surface area contributed by atoms with Crippen LogP contribution in [-0.2, 0) is 11.2 Å². The zero-order valence-electron chi connectivity index (χ0n) is 17.4. The number of likely N-dealkylation sites (tertiary alicyclic amines) is 1. The Labute approximate surface area is 174 Å². The van der Waals surface area contributed by atoms with Crippen LogP contribution in [0.5, 0.6) is 5.75 Å². The van der Waals surface area contributed by atoms with Gasteiger partial charge in [0, 0.05) is 18.7 Å². The molecule has 2 aromatic carbocycles. The summed E-state index contributed by atoms with van der Waals surface area (Å²) in [6.45, 7) is 6.35. The molecule has 0 radical (unpaired) electrons. The summed E-state index contributed by atoms with van der Waals surface area (Å²) in [4.78, 5) is 14.2. The third kappa shape index (κ3) is 5.39. The van der Waals surface area contributed by atoms with Crippen LogP contribution in [0.3, 0.4) is 0 Å². The summed E-state index contributed by atoms with van der Waals surface area (Å²) in [5.41, 5.74) is 3.58. The second kappa shape index (κ2) is 9.45. The second-order valence-corrected chi connectivity index (χ2v) is 8.58. The predicted molar refractivity (Wildman–Crippen MR) is 118 cm³/mol. The van der Waals surface area contributed by atoms with Crippen molar-refractivity contribution in [1.29, 1.82) is 0 Å². The van der Waals surface area contributed by atoms with Gasteiger partial charge in [0.05, 0.1) is 6.61 Å². The van der Waals surface area contributed by atoms with Crippen LogP contribution in [0, 0.1) is 5.92 Å². The second-order valence-electron chi connectivity index (χ2n) is 8.58. The Morgan fingerprint density at radius 2 is 1.90 bits per heavy atom. The van der Waals surface area contributed by atoms with E-state index >= 15 is 0 Å². The van der Waals surface area contributed by atoms with Gasteiger partial charge >= 0.3 is 0 Å². The molecule has 4 rings (SSSR count). The summed E-state index contributed by atoms with van der Waals surface area (Å²) < 4.78 is 6.00. The molecule has 1 saturated heterocycles. The van der Waals surface area contributed by atoms with Gasteiger partial charge in [0.15, 0.2) is 0 Å². The Hall–Kier alpha value is -2.33. The number of carbonyl (C=O) groups is 1. The fraction of sp³-hybridized carbons (Fsp3) is 0.480. The molecular weight excluding hydrogens is 360 g/mol. The van der Waals surface area contributed by atoms with Crippen LogP contribution in [0.2, 0.25) is 0 Å². The van der Waals surface area contributed by atoms with Gasteiger partial charge in [-0.1, -0.05) is 37.3 Å². The molecule has 0 aliphatic carbocycles. The van der Waals surface area contributed by atoms with Crippen LogP contribution in [0.15, 0.2) is 48.5 Å². The molecule has 1 N–H and O–H groups in total. The monoisotopic (exact) mass is 392 g/mol. The van der Waals surface area contributed by atoms with Crippen molar-refractivity contribution in [2.75, 3.05) is 31.6 Å². The molecule has 0 saturated carbocycles. The minimum Gasteiger partial charge on any atom is -0.494 e. The maximum atomic E-state index is 11.6. The number of anilines is 1. The van der Waals surface area contributed by atoms with E-state index in [9.17, 15) is 4.79 Å². The van der Waals surface area contributed by atoms with Gasteiger partial charge in [-0.3, -0.25) is 4.79 Å². The van der Waals surface area contributed by atoms with Crippen LogP contribution in [-0.4, -0.2) is 37.0 Å². The molecule has 154 valence electrons. The first-order valence-corrected chi connectivity index (χ1v) is 11.0. The number of amides is 1. The fourth-order valence-corrected chi connectivity index (χ4v) is 4.58. The SMILES string of the molecule is CC1CC(=O)Nc2ccc(OCCCN3CCC(Cc4ccccc4)CC3)cc21. The van der Waals surface area contributed by atoms with Crippen LogP contribution < -0.4 is 10.1 Å². The Balaban J connectivity index is 1.16. The maximum Gasteiger partial charge on any atom is 0.224 e. The van der Waals surface area contributed by atoms with E-state index in [4.69, 9.17) is 4.74 Å². The van der Waals surface area contributed by atoms with E-state index in [0.29, 0.717) is 6.42 Å². The summed E-state index contributed by atoms with van der Waals surface area (Å²) in [7, 11) is 0. The molecule has 1 unspecified atom stereocenters. The summed E-state index contributed by atoms with van der Waals surface area (Å²) in [5.74, 6) is 2.09. The molecular formula is C25H32N2O2. The van der Waals surface area contributed by atoms with Crippen LogP contribution >= 0.6 is 0 Å². The Bertz CT molecular complexity index is 813. The number of carbonyl (C=O) groups excluding carboxylic acids is 1. The van der Waals surface area contributed by atoms with Crippen molar-refractivity contribution < 1.29 is 9.53 Å². The lowest BCUT2D eigenvalue weighted by molar-refractivity contribution is -0.116. The first kappa shape index (κ1) is 20.0. The van der Waals surface area contributed by atoms with E-state index in [2.05, 4.69) is 53.5 Å². The van der Waals surface area contributed by atoms with E-state index in [0.717, 1.165) is 36.9 Å². The van der Waals surface area contributed by atoms with Crippen molar-refractivity contribution >= 4 is 11.6 Å². The van der Waals surface area contributed by atoms with E-state index in [-0.39, 0.29) is 11.8 Å². The molecule has 1 fully saturated rings. The van der Waals surface area contributed by atoms with Crippen LogP contribution in [0.25, 0.3) is 0 Å². The van der Waals surface area contributed by atoms with E-state index in [1.807, 2.05) is 12.1 Å². The van der Waals surface area contributed by atoms with Crippen molar-refractivity contribution in [1.82, 2.24) is 4.90 Å². The van der Waals surface area contributed by atoms with Crippen molar-refractivity contribution in [3.63, 3.8) is 0 Å². The number of nitrogens with zero attached hydrogens (tertiary/aromatic N) is 1. The number of hydrogen-bond donors (Lipinski definition) is 1. The molecule has 0 aromatic heterocycles.